The smallest absolute Gasteiger partial charge is 0.152 e. The van der Waals surface area contributed by atoms with Crippen molar-refractivity contribution in [1.82, 2.24) is 5.32 Å². The van der Waals surface area contributed by atoms with Gasteiger partial charge in [-0.25, -0.2) is 8.42 Å². The fourth-order valence-corrected chi connectivity index (χ4v) is 2.22. The lowest BCUT2D eigenvalue weighted by Crippen LogP contribution is -2.20. The highest BCUT2D eigenvalue weighted by atomic mass is 32.2. The summed E-state index contributed by atoms with van der Waals surface area (Å²) in [5.74, 6) is 0.941. The third kappa shape index (κ3) is 9.36. The highest BCUT2D eigenvalue weighted by Crippen LogP contribution is 2.03. The number of allylic oxidation sites excluding steroid dienone is 1. The lowest BCUT2D eigenvalue weighted by molar-refractivity contribution is 0.556. The van der Waals surface area contributed by atoms with Gasteiger partial charge in [-0.15, -0.1) is 0 Å². The average molecular weight is 261 g/mol. The van der Waals surface area contributed by atoms with Crippen LogP contribution in [0.3, 0.4) is 0 Å². The summed E-state index contributed by atoms with van der Waals surface area (Å²) in [6.45, 7) is 9.82. The van der Waals surface area contributed by atoms with Crippen molar-refractivity contribution < 1.29 is 8.42 Å². The molecule has 0 atom stereocenters. The molecule has 0 aromatic rings. The molecule has 0 aliphatic carbocycles. The molecule has 0 aromatic carbocycles. The van der Waals surface area contributed by atoms with Crippen LogP contribution in [0.25, 0.3) is 0 Å². The first kappa shape index (κ1) is 16.6. The number of hydrogen-bond acceptors (Lipinski definition) is 3. The summed E-state index contributed by atoms with van der Waals surface area (Å²) in [6, 6.07) is 0. The summed E-state index contributed by atoms with van der Waals surface area (Å²) in [7, 11) is -2.87. The first-order valence-corrected chi connectivity index (χ1v) is 8.15. The third-order valence-electron chi connectivity index (χ3n) is 2.49. The Balaban J connectivity index is 3.56. The Morgan fingerprint density at radius 2 is 1.65 bits per heavy atom. The predicted octanol–water partition coefficient (Wildman–Crippen LogP) is 2.39. The van der Waals surface area contributed by atoms with Crippen LogP contribution in [0.5, 0.6) is 0 Å². The van der Waals surface area contributed by atoms with Gasteiger partial charge in [0.15, 0.2) is 9.84 Å². The predicted molar refractivity (Wildman–Crippen MR) is 75.0 cm³/mol. The Morgan fingerprint density at radius 3 is 2.18 bits per heavy atom. The second-order valence-electron chi connectivity index (χ2n) is 5.06. The Labute approximate surface area is 107 Å². The maximum Gasteiger partial charge on any atom is 0.152 e. The minimum absolute atomic E-state index is 0.261. The zero-order chi connectivity index (χ0) is 13.3. The van der Waals surface area contributed by atoms with E-state index in [-0.39, 0.29) is 11.0 Å². The van der Waals surface area contributed by atoms with Crippen molar-refractivity contribution >= 4 is 9.84 Å². The van der Waals surface area contributed by atoms with Gasteiger partial charge in [0.1, 0.15) is 0 Å². The van der Waals surface area contributed by atoms with Crippen molar-refractivity contribution in [2.24, 2.45) is 5.92 Å². The molecule has 0 fully saturated rings. The molecule has 0 saturated heterocycles. The van der Waals surface area contributed by atoms with Gasteiger partial charge in [0.05, 0.1) is 11.0 Å². The third-order valence-corrected chi connectivity index (χ3v) is 4.74. The van der Waals surface area contributed by atoms with Gasteiger partial charge in [-0.05, 0) is 45.7 Å². The van der Waals surface area contributed by atoms with Crippen LogP contribution in [0.2, 0.25) is 0 Å². The molecule has 0 spiro atoms. The molecule has 0 aliphatic rings. The SMILES string of the molecule is CC(C)CNCC/C=C/CCS(=O)(=O)C(C)C. The molecule has 102 valence electrons. The largest absolute Gasteiger partial charge is 0.316 e. The Morgan fingerprint density at radius 1 is 1.06 bits per heavy atom. The van der Waals surface area contributed by atoms with Crippen molar-refractivity contribution in [2.75, 3.05) is 18.8 Å². The molecule has 0 bridgehead atoms. The van der Waals surface area contributed by atoms with Crippen LogP contribution in [0.1, 0.15) is 40.5 Å². The van der Waals surface area contributed by atoms with E-state index in [2.05, 4.69) is 25.2 Å². The average Bonchev–Trinajstić information content (AvgIpc) is 2.21. The van der Waals surface area contributed by atoms with Crippen molar-refractivity contribution in [2.45, 2.75) is 45.8 Å². The Hall–Kier alpha value is -0.350. The fourth-order valence-electron chi connectivity index (χ4n) is 1.28. The van der Waals surface area contributed by atoms with E-state index in [0.717, 1.165) is 19.5 Å². The van der Waals surface area contributed by atoms with Crippen molar-refractivity contribution in [1.29, 1.82) is 0 Å². The van der Waals surface area contributed by atoms with E-state index >= 15 is 0 Å². The van der Waals surface area contributed by atoms with Crippen LogP contribution in [0, 0.1) is 5.92 Å². The highest BCUT2D eigenvalue weighted by Gasteiger charge is 2.13. The number of hydrogen-bond donors (Lipinski definition) is 1. The summed E-state index contributed by atoms with van der Waals surface area (Å²) in [6.07, 6.45) is 5.62. The molecule has 0 amide bonds. The minimum atomic E-state index is -2.87. The van der Waals surface area contributed by atoms with E-state index in [1.165, 1.54) is 0 Å². The normalized spacial score (nSPS) is 13.1. The monoisotopic (exact) mass is 261 g/mol. The molecule has 0 aliphatic heterocycles. The van der Waals surface area contributed by atoms with Gasteiger partial charge in [0.2, 0.25) is 0 Å². The van der Waals surface area contributed by atoms with Gasteiger partial charge in [-0.3, -0.25) is 0 Å². The number of sulfone groups is 1. The van der Waals surface area contributed by atoms with Crippen LogP contribution in [0.4, 0.5) is 0 Å². The van der Waals surface area contributed by atoms with E-state index in [1.54, 1.807) is 13.8 Å². The van der Waals surface area contributed by atoms with Crippen LogP contribution >= 0.6 is 0 Å². The molecule has 0 heterocycles. The molecule has 0 rings (SSSR count). The van der Waals surface area contributed by atoms with E-state index in [0.29, 0.717) is 12.3 Å². The van der Waals surface area contributed by atoms with Gasteiger partial charge in [-0.1, -0.05) is 26.0 Å². The second kappa shape index (κ2) is 8.70. The topological polar surface area (TPSA) is 46.2 Å². The summed E-state index contributed by atoms with van der Waals surface area (Å²) in [4.78, 5) is 0. The zero-order valence-corrected chi connectivity index (χ0v) is 12.4. The van der Waals surface area contributed by atoms with Crippen LogP contribution in [0.15, 0.2) is 12.2 Å². The lowest BCUT2D eigenvalue weighted by atomic mass is 10.2. The summed E-state index contributed by atoms with van der Waals surface area (Å²) >= 11 is 0. The molecule has 3 nitrogen and oxygen atoms in total. The van der Waals surface area contributed by atoms with Gasteiger partial charge >= 0.3 is 0 Å². The van der Waals surface area contributed by atoms with Crippen molar-refractivity contribution in [3.05, 3.63) is 12.2 Å². The summed E-state index contributed by atoms with van der Waals surface area (Å²) < 4.78 is 23.0. The molecule has 0 saturated carbocycles. The van der Waals surface area contributed by atoms with Crippen LogP contribution < -0.4 is 5.32 Å². The highest BCUT2D eigenvalue weighted by molar-refractivity contribution is 7.91. The number of nitrogens with one attached hydrogen (secondary N) is 1. The van der Waals surface area contributed by atoms with E-state index in [4.69, 9.17) is 0 Å². The maximum atomic E-state index is 11.5. The van der Waals surface area contributed by atoms with E-state index in [1.807, 2.05) is 6.08 Å². The first-order chi connectivity index (χ1) is 7.86. The molecule has 17 heavy (non-hydrogen) atoms. The van der Waals surface area contributed by atoms with E-state index < -0.39 is 9.84 Å². The second-order valence-corrected chi connectivity index (χ2v) is 7.74. The maximum absolute atomic E-state index is 11.5. The van der Waals surface area contributed by atoms with Gasteiger partial charge in [0, 0.05) is 0 Å². The molecule has 0 radical (unpaired) electrons. The van der Waals surface area contributed by atoms with E-state index in [9.17, 15) is 8.42 Å². The minimum Gasteiger partial charge on any atom is -0.316 e. The van der Waals surface area contributed by atoms with Crippen molar-refractivity contribution in [3.63, 3.8) is 0 Å². The number of rotatable bonds is 9. The van der Waals surface area contributed by atoms with Crippen LogP contribution in [-0.4, -0.2) is 32.5 Å². The summed E-state index contributed by atoms with van der Waals surface area (Å²) in [5, 5.41) is 3.08. The molecular weight excluding hydrogens is 234 g/mol. The molecular formula is C13H27NO2S. The fraction of sp³-hybridized carbons (Fsp3) is 0.846. The Bertz CT molecular complexity index is 305. The van der Waals surface area contributed by atoms with Crippen LogP contribution in [-0.2, 0) is 9.84 Å². The molecule has 0 aromatic heterocycles. The molecule has 1 N–H and O–H groups in total. The van der Waals surface area contributed by atoms with Gasteiger partial charge < -0.3 is 5.32 Å². The van der Waals surface area contributed by atoms with Crippen molar-refractivity contribution in [3.8, 4) is 0 Å². The first-order valence-electron chi connectivity index (χ1n) is 6.43. The standard InChI is InChI=1S/C13H27NO2S/c1-12(2)11-14-9-7-5-6-8-10-17(15,16)13(3)4/h5-6,12-14H,7-11H2,1-4H3/b6-5+. The molecule has 0 unspecified atom stereocenters. The van der Waals surface area contributed by atoms with Gasteiger partial charge in [-0.2, -0.15) is 0 Å². The quantitative estimate of drug-likeness (QED) is 0.512. The van der Waals surface area contributed by atoms with Gasteiger partial charge in [0.25, 0.3) is 0 Å². The molecule has 4 heteroatoms. The lowest BCUT2D eigenvalue weighted by Gasteiger charge is -2.05. The summed E-state index contributed by atoms with van der Waals surface area (Å²) in [5.41, 5.74) is 0. The zero-order valence-electron chi connectivity index (χ0n) is 11.6. The Kier molecular flexibility index (Phi) is 8.52.